The number of amidine groups is 1. The van der Waals surface area contributed by atoms with Gasteiger partial charge in [0.2, 0.25) is 0 Å². The lowest BCUT2D eigenvalue weighted by Gasteiger charge is -2.56. The van der Waals surface area contributed by atoms with Gasteiger partial charge in [0.1, 0.15) is 0 Å². The van der Waals surface area contributed by atoms with E-state index in [0.29, 0.717) is 6.42 Å². The number of nitrogens with one attached hydrogen (secondary N) is 3. The molecule has 5 nitrogen and oxygen atoms in total. The summed E-state index contributed by atoms with van der Waals surface area (Å²) < 4.78 is 0. The molecular weight excluding hydrogens is 252 g/mol. The van der Waals surface area contributed by atoms with Crippen LogP contribution in [0.25, 0.3) is 0 Å². The first-order valence-electron chi connectivity index (χ1n) is 7.86. The fourth-order valence-electron chi connectivity index (χ4n) is 5.15. The smallest absolute Gasteiger partial charge is 0.315 e. The van der Waals surface area contributed by atoms with Crippen molar-refractivity contribution in [2.75, 3.05) is 0 Å². The van der Waals surface area contributed by atoms with Gasteiger partial charge in [0.25, 0.3) is 0 Å². The molecule has 4 saturated carbocycles. The van der Waals surface area contributed by atoms with Crippen molar-refractivity contribution < 1.29 is 4.79 Å². The van der Waals surface area contributed by atoms with Crippen LogP contribution in [-0.4, -0.2) is 23.4 Å². The summed E-state index contributed by atoms with van der Waals surface area (Å²) in [4.78, 5) is 12.2. The van der Waals surface area contributed by atoms with Crippen LogP contribution in [0.1, 0.15) is 51.9 Å². The van der Waals surface area contributed by atoms with Crippen LogP contribution in [0.2, 0.25) is 0 Å². The van der Waals surface area contributed by atoms with Gasteiger partial charge in [-0.25, -0.2) is 4.79 Å². The van der Waals surface area contributed by atoms with Crippen molar-refractivity contribution in [3.05, 3.63) is 0 Å². The maximum Gasteiger partial charge on any atom is 0.315 e. The number of hydrogen-bond donors (Lipinski definition) is 4. The van der Waals surface area contributed by atoms with E-state index in [1.165, 1.54) is 19.3 Å². The molecule has 0 aromatic heterocycles. The van der Waals surface area contributed by atoms with E-state index >= 15 is 0 Å². The zero-order chi connectivity index (χ0) is 14.3. The van der Waals surface area contributed by atoms with E-state index in [0.717, 1.165) is 37.0 Å². The Morgan fingerprint density at radius 1 is 1.25 bits per heavy atom. The van der Waals surface area contributed by atoms with E-state index in [1.54, 1.807) is 0 Å². The lowest BCUT2D eigenvalue weighted by molar-refractivity contribution is -0.0136. The van der Waals surface area contributed by atoms with Crippen LogP contribution >= 0.6 is 0 Å². The average molecular weight is 278 g/mol. The summed E-state index contributed by atoms with van der Waals surface area (Å²) in [6, 6.07) is -0.165. The highest BCUT2D eigenvalue weighted by Crippen LogP contribution is 2.55. The summed E-state index contributed by atoms with van der Waals surface area (Å²) in [6.07, 6.45) is 8.03. The molecule has 112 valence electrons. The maximum atomic E-state index is 12.2. The number of urea groups is 1. The first kappa shape index (κ1) is 13.7. The zero-order valence-electron chi connectivity index (χ0n) is 12.2. The highest BCUT2D eigenvalue weighted by molar-refractivity contribution is 5.79. The second-order valence-electron chi connectivity index (χ2n) is 7.43. The molecule has 20 heavy (non-hydrogen) atoms. The van der Waals surface area contributed by atoms with Crippen LogP contribution in [0.15, 0.2) is 0 Å². The van der Waals surface area contributed by atoms with Gasteiger partial charge in [0.05, 0.1) is 5.84 Å². The third kappa shape index (κ3) is 2.76. The predicted octanol–water partition coefficient (Wildman–Crippen LogP) is 1.97. The Hall–Kier alpha value is -1.26. The Kier molecular flexibility index (Phi) is 3.38. The molecule has 0 spiro atoms. The molecule has 5 N–H and O–H groups in total. The highest BCUT2D eigenvalue weighted by Gasteiger charge is 2.51. The predicted molar refractivity (Wildman–Crippen MR) is 78.6 cm³/mol. The summed E-state index contributed by atoms with van der Waals surface area (Å²) >= 11 is 0. The topological polar surface area (TPSA) is 91.0 Å². The minimum absolute atomic E-state index is 0.0504. The van der Waals surface area contributed by atoms with E-state index in [9.17, 15) is 4.79 Å². The number of amides is 2. The molecule has 4 fully saturated rings. The Morgan fingerprint density at radius 3 is 2.20 bits per heavy atom. The third-order valence-corrected chi connectivity index (χ3v) is 5.32. The van der Waals surface area contributed by atoms with Crippen LogP contribution in [0.3, 0.4) is 0 Å². The summed E-state index contributed by atoms with van der Waals surface area (Å²) in [7, 11) is 0. The number of rotatable bonds is 4. The molecule has 0 radical (unpaired) electrons. The van der Waals surface area contributed by atoms with Gasteiger partial charge in [0.15, 0.2) is 0 Å². The second kappa shape index (κ2) is 4.93. The monoisotopic (exact) mass is 278 g/mol. The van der Waals surface area contributed by atoms with Gasteiger partial charge in [-0.3, -0.25) is 5.41 Å². The molecule has 5 heteroatoms. The van der Waals surface area contributed by atoms with Crippen LogP contribution in [0.4, 0.5) is 4.79 Å². The number of carbonyl (C=O) groups excluding carboxylic acids is 1. The zero-order valence-corrected chi connectivity index (χ0v) is 12.2. The number of nitrogens with two attached hydrogens (primary N) is 1. The SMILES string of the molecule is CC(CC(=N)N)NC(=O)NC12CC3CC(CC(C3)C1)C2. The minimum atomic E-state index is -0.0827. The van der Waals surface area contributed by atoms with Gasteiger partial charge < -0.3 is 16.4 Å². The summed E-state index contributed by atoms with van der Waals surface area (Å²) in [5.41, 5.74) is 5.42. The minimum Gasteiger partial charge on any atom is -0.388 e. The Bertz CT molecular complexity index is 385. The Balaban J connectivity index is 1.57. The standard InChI is InChI=1S/C15H26N4O/c1-9(2-13(16)17)18-14(20)19-15-6-10-3-11(7-15)5-12(4-10)8-15/h9-12H,2-8H2,1H3,(H3,16,17)(H2,18,19,20). The molecule has 4 rings (SSSR count). The van der Waals surface area contributed by atoms with Crippen molar-refractivity contribution in [1.29, 1.82) is 5.41 Å². The third-order valence-electron chi connectivity index (χ3n) is 5.32. The quantitative estimate of drug-likeness (QED) is 0.468. The summed E-state index contributed by atoms with van der Waals surface area (Å²) in [6.45, 7) is 1.89. The van der Waals surface area contributed by atoms with Crippen molar-refractivity contribution in [2.45, 2.75) is 63.5 Å². The van der Waals surface area contributed by atoms with Crippen molar-refractivity contribution >= 4 is 11.9 Å². The van der Waals surface area contributed by atoms with E-state index in [1.807, 2.05) is 6.92 Å². The first-order chi connectivity index (χ1) is 9.44. The summed E-state index contributed by atoms with van der Waals surface area (Å²) in [5, 5.41) is 13.5. The maximum absolute atomic E-state index is 12.2. The molecule has 0 aromatic rings. The fourth-order valence-corrected chi connectivity index (χ4v) is 5.15. The second-order valence-corrected chi connectivity index (χ2v) is 7.43. The van der Waals surface area contributed by atoms with Crippen LogP contribution in [0, 0.1) is 23.2 Å². The van der Waals surface area contributed by atoms with Gasteiger partial charge >= 0.3 is 6.03 Å². The normalized spacial score (nSPS) is 39.4. The fraction of sp³-hybridized carbons (Fsp3) is 0.867. The van der Waals surface area contributed by atoms with Gasteiger partial charge in [-0.05, 0) is 63.2 Å². The Morgan fingerprint density at radius 2 is 1.75 bits per heavy atom. The molecular formula is C15H26N4O. The van der Waals surface area contributed by atoms with Gasteiger partial charge in [-0.15, -0.1) is 0 Å². The molecule has 4 aliphatic rings. The van der Waals surface area contributed by atoms with Gasteiger partial charge in [-0.1, -0.05) is 0 Å². The number of carbonyl (C=O) groups is 1. The van der Waals surface area contributed by atoms with E-state index in [-0.39, 0.29) is 23.4 Å². The van der Waals surface area contributed by atoms with Crippen molar-refractivity contribution in [2.24, 2.45) is 23.5 Å². The molecule has 1 unspecified atom stereocenters. The van der Waals surface area contributed by atoms with E-state index in [4.69, 9.17) is 11.1 Å². The largest absolute Gasteiger partial charge is 0.388 e. The molecule has 0 saturated heterocycles. The molecule has 2 amide bonds. The molecule has 4 aliphatic carbocycles. The van der Waals surface area contributed by atoms with Crippen LogP contribution in [0.5, 0.6) is 0 Å². The first-order valence-corrected chi connectivity index (χ1v) is 7.86. The molecule has 0 aromatic carbocycles. The van der Waals surface area contributed by atoms with Gasteiger partial charge in [-0.2, -0.15) is 0 Å². The average Bonchev–Trinajstić information content (AvgIpc) is 2.23. The molecule has 0 aliphatic heterocycles. The number of hydrogen-bond acceptors (Lipinski definition) is 2. The van der Waals surface area contributed by atoms with Crippen molar-refractivity contribution in [3.63, 3.8) is 0 Å². The van der Waals surface area contributed by atoms with E-state index < -0.39 is 0 Å². The van der Waals surface area contributed by atoms with Crippen LogP contribution < -0.4 is 16.4 Å². The van der Waals surface area contributed by atoms with Crippen molar-refractivity contribution in [3.8, 4) is 0 Å². The summed E-state index contributed by atoms with van der Waals surface area (Å²) in [5.74, 6) is 2.61. The molecule has 1 atom stereocenters. The Labute approximate surface area is 120 Å². The lowest BCUT2D eigenvalue weighted by Crippen LogP contribution is -2.62. The molecule has 0 heterocycles. The lowest BCUT2D eigenvalue weighted by atomic mass is 9.53. The van der Waals surface area contributed by atoms with E-state index in [2.05, 4.69) is 10.6 Å². The highest BCUT2D eigenvalue weighted by atomic mass is 16.2. The molecule has 4 bridgehead atoms. The van der Waals surface area contributed by atoms with Gasteiger partial charge in [0, 0.05) is 18.0 Å². The van der Waals surface area contributed by atoms with Crippen molar-refractivity contribution in [1.82, 2.24) is 10.6 Å². The van der Waals surface area contributed by atoms with Crippen LogP contribution in [-0.2, 0) is 0 Å².